The van der Waals surface area contributed by atoms with E-state index in [4.69, 9.17) is 4.74 Å². The van der Waals surface area contributed by atoms with Gasteiger partial charge in [-0.05, 0) is 127 Å². The predicted octanol–water partition coefficient (Wildman–Crippen LogP) is 7.47. The Bertz CT molecular complexity index is 1540. The van der Waals surface area contributed by atoms with Crippen LogP contribution in [-0.4, -0.2) is 37.6 Å². The molecular formula is C38H54O6S. The SMILES string of the molecule is CC1(C)[C@@H](O)CC[C@]2(C)[C@H]3C(=O)C=C4[C@@H]5C[C@@](C)(C(=O)OCc6ccc(S(C)(=O)=O)cc6)CC[C@]5(C)CC[C@@]4(C)[C@]3(C)CC[C@@H]12. The summed E-state index contributed by atoms with van der Waals surface area (Å²) >= 11 is 0. The molecule has 5 aliphatic rings. The van der Waals surface area contributed by atoms with Crippen LogP contribution >= 0.6 is 0 Å². The lowest BCUT2D eigenvalue weighted by Gasteiger charge is -2.70. The molecule has 0 unspecified atom stereocenters. The van der Waals surface area contributed by atoms with Crippen LogP contribution in [0.4, 0.5) is 0 Å². The first-order chi connectivity index (χ1) is 20.7. The zero-order valence-electron chi connectivity index (χ0n) is 28.7. The van der Waals surface area contributed by atoms with Crippen LogP contribution in [0.5, 0.6) is 0 Å². The Hall–Kier alpha value is -1.99. The van der Waals surface area contributed by atoms with Gasteiger partial charge in [0.25, 0.3) is 0 Å². The summed E-state index contributed by atoms with van der Waals surface area (Å²) in [7, 11) is -3.29. The number of fused-ring (bicyclic) bond motifs is 7. The Labute approximate surface area is 270 Å². The summed E-state index contributed by atoms with van der Waals surface area (Å²) in [6.45, 7) is 16.1. The topological polar surface area (TPSA) is 97.7 Å². The van der Waals surface area contributed by atoms with Crippen LogP contribution in [0.3, 0.4) is 0 Å². The van der Waals surface area contributed by atoms with Crippen LogP contribution in [0.25, 0.3) is 0 Å². The molecule has 6 nitrogen and oxygen atoms in total. The van der Waals surface area contributed by atoms with Crippen LogP contribution in [0.15, 0.2) is 40.8 Å². The standard InChI is InChI=1S/C38H54O6S/c1-33(2)29-13-16-38(7)31(36(29,5)15-14-30(33)40)28(39)21-26-27-22-35(4,18-17-34(27,3)19-20-37(26,38)6)32(41)44-23-24-9-11-25(12-10-24)45(8,42)43/h9-12,21,27,29-31,40H,13-20,22-23H2,1-8H3/t27-,29-,30-,31+,34+,35-,36-,37+,38+/m0/s1. The zero-order chi connectivity index (χ0) is 33.0. The molecule has 0 aliphatic heterocycles. The number of esters is 1. The van der Waals surface area contributed by atoms with Crippen molar-refractivity contribution in [1.29, 1.82) is 0 Å². The Morgan fingerprint density at radius 3 is 2.20 bits per heavy atom. The molecule has 4 saturated carbocycles. The van der Waals surface area contributed by atoms with E-state index in [-0.39, 0.29) is 68.3 Å². The first kappa shape index (κ1) is 32.9. The third-order valence-electron chi connectivity index (χ3n) is 14.8. The number of benzene rings is 1. The van der Waals surface area contributed by atoms with Gasteiger partial charge in [-0.1, -0.05) is 59.2 Å². The van der Waals surface area contributed by atoms with E-state index >= 15 is 0 Å². The number of sulfone groups is 1. The largest absolute Gasteiger partial charge is 0.460 e. The molecule has 0 bridgehead atoms. The minimum atomic E-state index is -3.29. The number of aliphatic hydroxyl groups is 1. The summed E-state index contributed by atoms with van der Waals surface area (Å²) in [6, 6.07) is 6.52. The van der Waals surface area contributed by atoms with Crippen molar-refractivity contribution in [3.8, 4) is 0 Å². The number of ether oxygens (including phenoxy) is 1. The maximum atomic E-state index is 14.5. The molecular weight excluding hydrogens is 584 g/mol. The fourth-order valence-corrected chi connectivity index (χ4v) is 12.1. The monoisotopic (exact) mass is 638 g/mol. The Balaban J connectivity index is 1.28. The van der Waals surface area contributed by atoms with Crippen molar-refractivity contribution in [3.63, 3.8) is 0 Å². The molecule has 9 atom stereocenters. The minimum Gasteiger partial charge on any atom is -0.460 e. The average molecular weight is 639 g/mol. The number of carbonyl (C=O) groups excluding carboxylic acids is 2. The lowest BCUT2D eigenvalue weighted by atomic mass is 9.33. The molecule has 1 aromatic carbocycles. The third-order valence-corrected chi connectivity index (χ3v) is 15.9. The number of allylic oxidation sites excluding steroid dienone is 2. The van der Waals surface area contributed by atoms with Crippen LogP contribution in [0, 0.1) is 50.2 Å². The van der Waals surface area contributed by atoms with E-state index in [0.717, 1.165) is 56.9 Å². The van der Waals surface area contributed by atoms with E-state index in [9.17, 15) is 23.1 Å². The van der Waals surface area contributed by atoms with Gasteiger partial charge >= 0.3 is 5.97 Å². The predicted molar refractivity (Wildman–Crippen MR) is 175 cm³/mol. The van der Waals surface area contributed by atoms with Gasteiger partial charge in [0.15, 0.2) is 15.6 Å². The van der Waals surface area contributed by atoms with Crippen molar-refractivity contribution < 1.29 is 27.9 Å². The van der Waals surface area contributed by atoms with Gasteiger partial charge < -0.3 is 9.84 Å². The summed E-state index contributed by atoms with van der Waals surface area (Å²) in [5.41, 5.74) is 0.728. The lowest BCUT2D eigenvalue weighted by molar-refractivity contribution is -0.202. The Morgan fingerprint density at radius 2 is 1.56 bits per heavy atom. The minimum absolute atomic E-state index is 0.0358. The summed E-state index contributed by atoms with van der Waals surface area (Å²) in [4.78, 5) is 28.5. The van der Waals surface area contributed by atoms with Crippen LogP contribution in [-0.2, 0) is 30.8 Å². The molecule has 0 spiro atoms. The van der Waals surface area contributed by atoms with Gasteiger partial charge in [0, 0.05) is 12.2 Å². The highest BCUT2D eigenvalue weighted by Crippen LogP contribution is 2.75. The van der Waals surface area contributed by atoms with E-state index in [2.05, 4.69) is 41.5 Å². The summed E-state index contributed by atoms with van der Waals surface area (Å²) < 4.78 is 29.6. The molecule has 248 valence electrons. The van der Waals surface area contributed by atoms with Gasteiger partial charge in [-0.15, -0.1) is 0 Å². The molecule has 1 N–H and O–H groups in total. The Morgan fingerprint density at radius 1 is 0.911 bits per heavy atom. The molecule has 4 fully saturated rings. The molecule has 0 amide bonds. The number of hydrogen-bond donors (Lipinski definition) is 1. The van der Waals surface area contributed by atoms with Gasteiger partial charge in [-0.3, -0.25) is 9.59 Å². The Kier molecular flexibility index (Phi) is 7.50. The van der Waals surface area contributed by atoms with Crippen molar-refractivity contribution in [2.75, 3.05) is 6.26 Å². The van der Waals surface area contributed by atoms with E-state index in [1.54, 1.807) is 24.3 Å². The van der Waals surface area contributed by atoms with Gasteiger partial charge in [-0.2, -0.15) is 0 Å². The second-order valence-corrected chi connectivity index (χ2v) is 19.6. The maximum Gasteiger partial charge on any atom is 0.312 e. The molecule has 6 rings (SSSR count). The van der Waals surface area contributed by atoms with Crippen molar-refractivity contribution in [2.24, 2.45) is 50.2 Å². The van der Waals surface area contributed by atoms with Gasteiger partial charge in [-0.25, -0.2) is 8.42 Å². The molecule has 0 radical (unpaired) electrons. The lowest BCUT2D eigenvalue weighted by Crippen LogP contribution is -2.66. The number of carbonyl (C=O) groups is 2. The fraction of sp³-hybridized carbons (Fsp3) is 0.737. The molecule has 0 heterocycles. The van der Waals surface area contributed by atoms with Gasteiger partial charge in [0.1, 0.15) is 6.61 Å². The van der Waals surface area contributed by atoms with E-state index in [0.29, 0.717) is 12.3 Å². The number of hydrogen-bond acceptors (Lipinski definition) is 6. The molecule has 5 aliphatic carbocycles. The van der Waals surface area contributed by atoms with Gasteiger partial charge in [0.05, 0.1) is 16.4 Å². The van der Waals surface area contributed by atoms with Crippen molar-refractivity contribution >= 4 is 21.6 Å². The molecule has 45 heavy (non-hydrogen) atoms. The van der Waals surface area contributed by atoms with Crippen LogP contribution < -0.4 is 0 Å². The highest BCUT2D eigenvalue weighted by Gasteiger charge is 2.70. The summed E-state index contributed by atoms with van der Waals surface area (Å²) in [6.07, 6.45) is 11.0. The van der Waals surface area contributed by atoms with Crippen molar-refractivity contribution in [3.05, 3.63) is 41.5 Å². The zero-order valence-corrected chi connectivity index (χ0v) is 29.5. The number of aliphatic hydroxyl groups excluding tert-OH is 1. The van der Waals surface area contributed by atoms with E-state index < -0.39 is 15.3 Å². The number of ketones is 1. The molecule has 0 aromatic heterocycles. The summed E-state index contributed by atoms with van der Waals surface area (Å²) in [5, 5.41) is 11.0. The fourth-order valence-electron chi connectivity index (χ4n) is 11.5. The summed E-state index contributed by atoms with van der Waals surface area (Å²) in [5.74, 6) is 0.419. The average Bonchev–Trinajstić information content (AvgIpc) is 2.95. The van der Waals surface area contributed by atoms with Crippen molar-refractivity contribution in [2.45, 2.75) is 124 Å². The van der Waals surface area contributed by atoms with E-state index in [1.807, 2.05) is 13.0 Å². The molecule has 0 saturated heterocycles. The quantitative estimate of drug-likeness (QED) is 0.344. The second-order valence-electron chi connectivity index (χ2n) is 17.6. The second kappa shape index (κ2) is 10.3. The normalized spacial score (nSPS) is 44.0. The first-order valence-corrected chi connectivity index (χ1v) is 19.0. The smallest absolute Gasteiger partial charge is 0.312 e. The molecule has 7 heteroatoms. The maximum absolute atomic E-state index is 14.5. The number of rotatable bonds is 4. The first-order valence-electron chi connectivity index (χ1n) is 17.1. The highest BCUT2D eigenvalue weighted by molar-refractivity contribution is 7.90. The van der Waals surface area contributed by atoms with Crippen LogP contribution in [0.2, 0.25) is 0 Å². The molecule has 1 aromatic rings. The van der Waals surface area contributed by atoms with E-state index in [1.165, 1.54) is 11.8 Å². The third kappa shape index (κ3) is 4.75. The van der Waals surface area contributed by atoms with Gasteiger partial charge in [0.2, 0.25) is 0 Å². The van der Waals surface area contributed by atoms with Crippen molar-refractivity contribution in [1.82, 2.24) is 0 Å². The van der Waals surface area contributed by atoms with Crippen LogP contribution in [0.1, 0.15) is 112 Å². The highest BCUT2D eigenvalue weighted by atomic mass is 32.2.